The number of halogens is 1. The highest BCUT2D eigenvalue weighted by molar-refractivity contribution is 6.31. The molecule has 2 aliphatic heterocycles. The first-order valence-electron chi connectivity index (χ1n) is 8.39. The van der Waals surface area contributed by atoms with Crippen molar-refractivity contribution in [1.29, 1.82) is 0 Å². The quantitative estimate of drug-likeness (QED) is 0.508. The summed E-state index contributed by atoms with van der Waals surface area (Å²) in [5, 5.41) is 12.6. The average Bonchev–Trinajstić information content (AvgIpc) is 3.32. The molecule has 2 heterocycles. The van der Waals surface area contributed by atoms with Gasteiger partial charge in [0.1, 0.15) is 17.2 Å². The zero-order valence-corrected chi connectivity index (χ0v) is 14.4. The normalized spacial score (nSPS) is 17.6. The van der Waals surface area contributed by atoms with E-state index >= 15 is 0 Å². The lowest BCUT2D eigenvalue weighted by Gasteiger charge is -2.20. The molecule has 0 saturated carbocycles. The Balaban J connectivity index is 1.34. The van der Waals surface area contributed by atoms with Gasteiger partial charge in [0, 0.05) is 11.1 Å². The topological polar surface area (TPSA) is 69.3 Å². The maximum atomic E-state index is 10.3. The molecule has 1 unspecified atom stereocenters. The Hall–Kier alpha value is -2.31. The highest BCUT2D eigenvalue weighted by Gasteiger charge is 2.22. The van der Waals surface area contributed by atoms with Gasteiger partial charge in [0.15, 0.2) is 0 Å². The van der Waals surface area contributed by atoms with E-state index in [1.807, 2.05) is 24.3 Å². The molecule has 0 bridgehead atoms. The zero-order chi connectivity index (χ0) is 17.2. The summed E-state index contributed by atoms with van der Waals surface area (Å²) in [6.45, 7) is 1.54. The van der Waals surface area contributed by atoms with Crippen LogP contribution in [0.2, 0.25) is 5.02 Å². The van der Waals surface area contributed by atoms with Gasteiger partial charge in [-0.3, -0.25) is 10.9 Å². The van der Waals surface area contributed by atoms with Gasteiger partial charge >= 0.3 is 0 Å². The van der Waals surface area contributed by atoms with Crippen molar-refractivity contribution in [2.45, 2.75) is 25.4 Å². The van der Waals surface area contributed by atoms with E-state index < -0.39 is 0 Å². The van der Waals surface area contributed by atoms with Crippen LogP contribution in [-0.4, -0.2) is 24.4 Å². The number of hydrazine groups is 2. The molecule has 2 aliphatic rings. The van der Waals surface area contributed by atoms with E-state index in [4.69, 9.17) is 21.1 Å². The second-order valence-electron chi connectivity index (χ2n) is 6.20. The third-order valence-electron chi connectivity index (χ3n) is 4.23. The number of nitrogens with zero attached hydrogens (tertiary/aromatic N) is 1. The number of ether oxygens (including phenoxy) is 2. The first kappa shape index (κ1) is 16.2. The number of rotatable bonds is 7. The predicted octanol–water partition coefficient (Wildman–Crippen LogP) is 4.17. The number of fused-ring (bicyclic) bond motifs is 1. The maximum Gasteiger partial charge on any atom is 0.146 e. The first-order valence-corrected chi connectivity index (χ1v) is 8.77. The lowest BCUT2D eigenvalue weighted by atomic mass is 10.2. The van der Waals surface area contributed by atoms with Crippen molar-refractivity contribution in [3.05, 3.63) is 41.4 Å². The molecule has 2 aromatic carbocycles. The van der Waals surface area contributed by atoms with Crippen LogP contribution in [0.3, 0.4) is 0 Å². The molecule has 0 aromatic heterocycles. The lowest BCUT2D eigenvalue weighted by molar-refractivity contribution is 0.298. The minimum absolute atomic E-state index is 0.128. The van der Waals surface area contributed by atoms with Crippen molar-refractivity contribution in [3.8, 4) is 11.5 Å². The van der Waals surface area contributed by atoms with E-state index in [1.165, 1.54) is 0 Å². The third kappa shape index (κ3) is 3.86. The van der Waals surface area contributed by atoms with E-state index in [-0.39, 0.29) is 5.75 Å². The Morgan fingerprint density at radius 1 is 1.16 bits per heavy atom. The van der Waals surface area contributed by atoms with E-state index in [1.54, 1.807) is 17.3 Å². The molecule has 6 nitrogen and oxygen atoms in total. The van der Waals surface area contributed by atoms with E-state index in [2.05, 4.69) is 10.9 Å². The summed E-state index contributed by atoms with van der Waals surface area (Å²) in [4.78, 5) is 0. The van der Waals surface area contributed by atoms with Crippen molar-refractivity contribution < 1.29 is 14.6 Å². The molecular weight excluding hydrogens is 342 g/mol. The Bertz CT molecular complexity index is 767. The Labute approximate surface area is 151 Å². The molecule has 0 amide bonds. The summed E-state index contributed by atoms with van der Waals surface area (Å²) in [7, 11) is 0. The number of epoxide rings is 1. The minimum Gasteiger partial charge on any atom is -0.505 e. The van der Waals surface area contributed by atoms with Gasteiger partial charge in [-0.05, 0) is 49.6 Å². The molecule has 7 heteroatoms. The van der Waals surface area contributed by atoms with Crippen LogP contribution in [-0.2, 0) is 4.74 Å². The van der Waals surface area contributed by atoms with Gasteiger partial charge in [-0.25, -0.2) is 0 Å². The summed E-state index contributed by atoms with van der Waals surface area (Å²) in [6.07, 6.45) is 3.65. The summed E-state index contributed by atoms with van der Waals surface area (Å²) in [5.74, 6) is 0.784. The summed E-state index contributed by atoms with van der Waals surface area (Å²) >= 11 is 6.00. The van der Waals surface area contributed by atoms with Crippen LogP contribution in [0.5, 0.6) is 11.5 Å². The highest BCUT2D eigenvalue weighted by atomic mass is 35.5. The molecule has 0 spiro atoms. The monoisotopic (exact) mass is 361 g/mol. The van der Waals surface area contributed by atoms with Crippen LogP contribution < -0.4 is 20.7 Å². The lowest BCUT2D eigenvalue weighted by Crippen LogP contribution is -2.29. The number of hydrogen-bond donors (Lipinski definition) is 3. The Morgan fingerprint density at radius 2 is 2.00 bits per heavy atom. The van der Waals surface area contributed by atoms with E-state index in [0.29, 0.717) is 29.2 Å². The van der Waals surface area contributed by atoms with Crippen LogP contribution in [0.4, 0.5) is 17.1 Å². The van der Waals surface area contributed by atoms with Crippen LogP contribution in [0.15, 0.2) is 36.4 Å². The van der Waals surface area contributed by atoms with Crippen molar-refractivity contribution in [2.24, 2.45) is 0 Å². The van der Waals surface area contributed by atoms with Gasteiger partial charge in [0.25, 0.3) is 0 Å². The minimum atomic E-state index is 0.128. The van der Waals surface area contributed by atoms with Crippen LogP contribution >= 0.6 is 11.6 Å². The number of hydrogen-bond acceptors (Lipinski definition) is 6. The number of benzene rings is 2. The molecule has 0 radical (unpaired) electrons. The van der Waals surface area contributed by atoms with Gasteiger partial charge in [-0.2, -0.15) is 5.12 Å². The summed E-state index contributed by atoms with van der Waals surface area (Å²) in [5.41, 5.74) is 8.67. The number of nitrogens with one attached hydrogen (secondary N) is 2. The average molecular weight is 362 g/mol. The van der Waals surface area contributed by atoms with Crippen molar-refractivity contribution in [2.75, 3.05) is 29.2 Å². The molecule has 1 atom stereocenters. The molecule has 1 fully saturated rings. The van der Waals surface area contributed by atoms with E-state index in [0.717, 1.165) is 37.2 Å². The van der Waals surface area contributed by atoms with Crippen LogP contribution in [0.25, 0.3) is 0 Å². The number of anilines is 3. The maximum absolute atomic E-state index is 10.3. The highest BCUT2D eigenvalue weighted by Crippen LogP contribution is 2.37. The smallest absolute Gasteiger partial charge is 0.146 e. The van der Waals surface area contributed by atoms with Gasteiger partial charge in [0.2, 0.25) is 0 Å². The van der Waals surface area contributed by atoms with Gasteiger partial charge in [-0.1, -0.05) is 11.6 Å². The van der Waals surface area contributed by atoms with Crippen LogP contribution in [0.1, 0.15) is 19.3 Å². The Morgan fingerprint density at radius 3 is 2.80 bits per heavy atom. The van der Waals surface area contributed by atoms with Crippen molar-refractivity contribution >= 4 is 28.7 Å². The SMILES string of the molecule is Oc1cc(OCCCCC2CO2)ccc1N1Nc2ccc(Cl)cc2N1. The Kier molecular flexibility index (Phi) is 4.46. The standard InChI is InChI=1S/C18H20ClN3O3/c19-12-4-6-15-16(9-12)21-22(20-15)17-7-5-13(10-18(17)23)24-8-2-1-3-14-11-25-14/h4-7,9-10,14,20-21,23H,1-3,8,11H2. The number of phenols is 1. The largest absolute Gasteiger partial charge is 0.505 e. The fraction of sp³-hybridized carbons (Fsp3) is 0.333. The first-order chi connectivity index (χ1) is 12.2. The van der Waals surface area contributed by atoms with Crippen molar-refractivity contribution in [3.63, 3.8) is 0 Å². The molecule has 2 aromatic rings. The third-order valence-corrected chi connectivity index (χ3v) is 4.46. The molecule has 3 N–H and O–H groups in total. The predicted molar refractivity (Wildman–Crippen MR) is 98.4 cm³/mol. The summed E-state index contributed by atoms with van der Waals surface area (Å²) < 4.78 is 10.9. The van der Waals surface area contributed by atoms with Crippen molar-refractivity contribution in [1.82, 2.24) is 0 Å². The zero-order valence-electron chi connectivity index (χ0n) is 13.7. The second-order valence-corrected chi connectivity index (χ2v) is 6.64. The molecule has 25 heavy (non-hydrogen) atoms. The van der Waals surface area contributed by atoms with Gasteiger partial charge in [0.05, 0.1) is 30.7 Å². The second kappa shape index (κ2) is 6.90. The molecule has 1 saturated heterocycles. The molecule has 0 aliphatic carbocycles. The molecule has 4 rings (SSSR count). The van der Waals surface area contributed by atoms with Gasteiger partial charge in [-0.15, -0.1) is 0 Å². The number of phenolic OH excluding ortho intramolecular Hbond substituents is 1. The molecule has 132 valence electrons. The fourth-order valence-electron chi connectivity index (χ4n) is 2.78. The number of unbranched alkanes of at least 4 members (excludes halogenated alkanes) is 1. The fourth-order valence-corrected chi connectivity index (χ4v) is 2.95. The summed E-state index contributed by atoms with van der Waals surface area (Å²) in [6, 6.07) is 10.8. The van der Waals surface area contributed by atoms with E-state index in [9.17, 15) is 5.11 Å². The van der Waals surface area contributed by atoms with Gasteiger partial charge < -0.3 is 14.6 Å². The van der Waals surface area contributed by atoms with Crippen LogP contribution in [0, 0.1) is 0 Å². The number of aromatic hydroxyl groups is 1. The molecular formula is C18H20ClN3O3.